The Morgan fingerprint density at radius 1 is 1.58 bits per heavy atom. The second kappa shape index (κ2) is 3.72. The third kappa shape index (κ3) is 2.43. The summed E-state index contributed by atoms with van der Waals surface area (Å²) in [6, 6.07) is 0. The molecule has 5 heteroatoms. The lowest BCUT2D eigenvalue weighted by Crippen LogP contribution is -2.44. The second-order valence-corrected chi connectivity index (χ2v) is 5.00. The van der Waals surface area contributed by atoms with Gasteiger partial charge in [0.2, 0.25) is 10.0 Å². The first-order valence-electron chi connectivity index (χ1n) is 4.10. The molecule has 0 aromatic carbocycles. The average molecular weight is 193 g/mol. The average Bonchev–Trinajstić information content (AvgIpc) is 2.03. The van der Waals surface area contributed by atoms with Crippen LogP contribution < -0.4 is 0 Å². The van der Waals surface area contributed by atoms with Crippen molar-refractivity contribution in [2.75, 3.05) is 26.0 Å². The van der Waals surface area contributed by atoms with E-state index in [2.05, 4.69) is 0 Å². The van der Waals surface area contributed by atoms with E-state index in [1.54, 1.807) is 0 Å². The predicted molar refractivity (Wildman–Crippen MR) is 46.4 cm³/mol. The van der Waals surface area contributed by atoms with Crippen molar-refractivity contribution >= 4 is 10.0 Å². The van der Waals surface area contributed by atoms with Crippen molar-refractivity contribution in [2.24, 2.45) is 0 Å². The molecule has 0 aromatic rings. The normalized spacial score (nSPS) is 27.3. The van der Waals surface area contributed by atoms with Crippen LogP contribution in [0.25, 0.3) is 0 Å². The summed E-state index contributed by atoms with van der Waals surface area (Å²) < 4.78 is 29.1. The summed E-state index contributed by atoms with van der Waals surface area (Å²) in [6.45, 7) is 3.52. The standard InChI is InChI=1S/C7H15NO3S/c1-3-7-6-8(4-5-11-7)12(2,9)10/h7H,3-6H2,1-2H3/t7-/m0/s1. The van der Waals surface area contributed by atoms with E-state index >= 15 is 0 Å². The number of morpholine rings is 1. The molecule has 1 rings (SSSR count). The Morgan fingerprint density at radius 3 is 2.75 bits per heavy atom. The van der Waals surface area contributed by atoms with Crippen molar-refractivity contribution in [1.29, 1.82) is 0 Å². The summed E-state index contributed by atoms with van der Waals surface area (Å²) in [4.78, 5) is 0. The number of nitrogens with zero attached hydrogens (tertiary/aromatic N) is 1. The van der Waals surface area contributed by atoms with E-state index in [1.165, 1.54) is 10.6 Å². The minimum atomic E-state index is -3.02. The van der Waals surface area contributed by atoms with Gasteiger partial charge < -0.3 is 4.74 Å². The van der Waals surface area contributed by atoms with Crippen LogP contribution in [0, 0.1) is 0 Å². The summed E-state index contributed by atoms with van der Waals surface area (Å²) in [6.07, 6.45) is 2.19. The zero-order chi connectivity index (χ0) is 9.19. The summed E-state index contributed by atoms with van der Waals surface area (Å²) in [5.74, 6) is 0. The van der Waals surface area contributed by atoms with Gasteiger partial charge in [0.1, 0.15) is 0 Å². The molecule has 1 atom stereocenters. The fourth-order valence-corrected chi connectivity index (χ4v) is 2.08. The largest absolute Gasteiger partial charge is 0.375 e. The van der Waals surface area contributed by atoms with Crippen molar-refractivity contribution in [3.63, 3.8) is 0 Å². The Hall–Kier alpha value is -0.130. The van der Waals surface area contributed by atoms with E-state index in [4.69, 9.17) is 4.74 Å². The van der Waals surface area contributed by atoms with Gasteiger partial charge in [0.25, 0.3) is 0 Å². The second-order valence-electron chi connectivity index (χ2n) is 3.02. The molecule has 0 radical (unpaired) electrons. The highest BCUT2D eigenvalue weighted by Crippen LogP contribution is 2.10. The third-order valence-electron chi connectivity index (χ3n) is 2.03. The Kier molecular flexibility index (Phi) is 3.09. The third-order valence-corrected chi connectivity index (χ3v) is 3.30. The van der Waals surface area contributed by atoms with Crippen LogP contribution in [0.5, 0.6) is 0 Å². The lowest BCUT2D eigenvalue weighted by Gasteiger charge is -2.30. The van der Waals surface area contributed by atoms with Crippen LogP contribution >= 0.6 is 0 Å². The van der Waals surface area contributed by atoms with Crippen LogP contribution in [0.4, 0.5) is 0 Å². The van der Waals surface area contributed by atoms with Crippen LogP contribution in [-0.4, -0.2) is 44.8 Å². The molecule has 0 aliphatic carbocycles. The highest BCUT2D eigenvalue weighted by molar-refractivity contribution is 7.88. The molecule has 0 spiro atoms. The van der Waals surface area contributed by atoms with Gasteiger partial charge in [-0.2, -0.15) is 4.31 Å². The van der Waals surface area contributed by atoms with Gasteiger partial charge in [0.05, 0.1) is 19.0 Å². The lowest BCUT2D eigenvalue weighted by molar-refractivity contribution is -0.00257. The Morgan fingerprint density at radius 2 is 2.25 bits per heavy atom. The molecule has 0 saturated carbocycles. The molecule has 0 unspecified atom stereocenters. The first kappa shape index (κ1) is 9.95. The SMILES string of the molecule is CC[C@H]1CN(S(C)(=O)=O)CCO1. The van der Waals surface area contributed by atoms with E-state index in [1.807, 2.05) is 6.92 Å². The van der Waals surface area contributed by atoms with Crippen LogP contribution in [0.2, 0.25) is 0 Å². The maximum absolute atomic E-state index is 11.1. The predicted octanol–water partition coefficient (Wildman–Crippen LogP) is 0.0568. The first-order valence-corrected chi connectivity index (χ1v) is 5.95. The molecule has 1 aliphatic rings. The quantitative estimate of drug-likeness (QED) is 0.623. The van der Waals surface area contributed by atoms with Gasteiger partial charge >= 0.3 is 0 Å². The van der Waals surface area contributed by atoms with E-state index < -0.39 is 10.0 Å². The number of rotatable bonds is 2. The number of sulfonamides is 1. The van der Waals surface area contributed by atoms with Crippen molar-refractivity contribution in [1.82, 2.24) is 4.31 Å². The highest BCUT2D eigenvalue weighted by atomic mass is 32.2. The molecule has 0 aromatic heterocycles. The topological polar surface area (TPSA) is 46.6 Å². The van der Waals surface area contributed by atoms with E-state index in [9.17, 15) is 8.42 Å². The molecule has 1 aliphatic heterocycles. The molecule has 72 valence electrons. The molecule has 1 fully saturated rings. The van der Waals surface area contributed by atoms with Gasteiger partial charge in [0, 0.05) is 13.1 Å². The van der Waals surface area contributed by atoms with Gasteiger partial charge in [-0.25, -0.2) is 8.42 Å². The minimum absolute atomic E-state index is 0.0773. The molecule has 12 heavy (non-hydrogen) atoms. The van der Waals surface area contributed by atoms with E-state index in [0.29, 0.717) is 19.7 Å². The maximum atomic E-state index is 11.1. The zero-order valence-corrected chi connectivity index (χ0v) is 8.30. The fourth-order valence-electron chi connectivity index (χ4n) is 1.24. The molecule has 4 nitrogen and oxygen atoms in total. The van der Waals surface area contributed by atoms with Gasteiger partial charge in [-0.1, -0.05) is 6.92 Å². The van der Waals surface area contributed by atoms with E-state index in [-0.39, 0.29) is 6.10 Å². The molecule has 0 bridgehead atoms. The number of hydrogen-bond acceptors (Lipinski definition) is 3. The smallest absolute Gasteiger partial charge is 0.211 e. The summed E-state index contributed by atoms with van der Waals surface area (Å²) in [7, 11) is -3.02. The molecular formula is C7H15NO3S. The monoisotopic (exact) mass is 193 g/mol. The van der Waals surface area contributed by atoms with E-state index in [0.717, 1.165) is 6.42 Å². The van der Waals surface area contributed by atoms with Crippen molar-refractivity contribution in [3.05, 3.63) is 0 Å². The van der Waals surface area contributed by atoms with Crippen LogP contribution in [0.1, 0.15) is 13.3 Å². The van der Waals surface area contributed by atoms with Crippen molar-refractivity contribution in [3.8, 4) is 0 Å². The minimum Gasteiger partial charge on any atom is -0.375 e. The number of hydrogen-bond donors (Lipinski definition) is 0. The van der Waals surface area contributed by atoms with Gasteiger partial charge in [-0.3, -0.25) is 0 Å². The molecule has 1 heterocycles. The lowest BCUT2D eigenvalue weighted by atomic mass is 10.2. The maximum Gasteiger partial charge on any atom is 0.211 e. The summed E-state index contributed by atoms with van der Waals surface area (Å²) in [5, 5.41) is 0. The van der Waals surface area contributed by atoms with Crippen molar-refractivity contribution in [2.45, 2.75) is 19.4 Å². The van der Waals surface area contributed by atoms with Crippen LogP contribution in [-0.2, 0) is 14.8 Å². The molecule has 0 N–H and O–H groups in total. The summed E-state index contributed by atoms with van der Waals surface area (Å²) in [5.41, 5.74) is 0. The van der Waals surface area contributed by atoms with Gasteiger partial charge in [-0.05, 0) is 6.42 Å². The van der Waals surface area contributed by atoms with Crippen LogP contribution in [0.15, 0.2) is 0 Å². The first-order chi connectivity index (χ1) is 5.54. The zero-order valence-electron chi connectivity index (χ0n) is 7.49. The Labute approximate surface area is 73.6 Å². The highest BCUT2D eigenvalue weighted by Gasteiger charge is 2.24. The molecule has 1 saturated heterocycles. The Balaban J connectivity index is 2.58. The van der Waals surface area contributed by atoms with Gasteiger partial charge in [0.15, 0.2) is 0 Å². The van der Waals surface area contributed by atoms with Crippen LogP contribution in [0.3, 0.4) is 0 Å². The molecular weight excluding hydrogens is 178 g/mol. The number of ether oxygens (including phenoxy) is 1. The fraction of sp³-hybridized carbons (Fsp3) is 1.00. The Bertz CT molecular complexity index is 237. The summed E-state index contributed by atoms with van der Waals surface area (Å²) >= 11 is 0. The van der Waals surface area contributed by atoms with Crippen molar-refractivity contribution < 1.29 is 13.2 Å². The molecule has 0 amide bonds. The van der Waals surface area contributed by atoms with Gasteiger partial charge in [-0.15, -0.1) is 0 Å².